The number of benzene rings is 1. The summed E-state index contributed by atoms with van der Waals surface area (Å²) in [5, 5.41) is 8.84. The Morgan fingerprint density at radius 2 is 1.79 bits per heavy atom. The normalized spacial score (nSPS) is 15.8. The number of nitrogens with one attached hydrogen (secondary N) is 3. The van der Waals surface area contributed by atoms with Crippen LogP contribution in [-0.4, -0.2) is 24.9 Å². The number of hydrogen-bond donors (Lipinski definition) is 3. The zero-order valence-corrected chi connectivity index (χ0v) is 11.0. The van der Waals surface area contributed by atoms with Gasteiger partial charge in [0.1, 0.15) is 0 Å². The third-order valence-corrected chi connectivity index (χ3v) is 3.16. The van der Waals surface area contributed by atoms with Crippen molar-refractivity contribution >= 4 is 23.2 Å². The van der Waals surface area contributed by atoms with Gasteiger partial charge in [-0.1, -0.05) is 6.07 Å². The maximum Gasteiger partial charge on any atom is 0.227 e. The zero-order valence-electron chi connectivity index (χ0n) is 11.0. The molecule has 0 saturated carbocycles. The summed E-state index contributed by atoms with van der Waals surface area (Å²) in [6.45, 7) is 3.24. The number of rotatable bonds is 3. The molecule has 1 aliphatic rings. The second-order valence-corrected chi connectivity index (χ2v) is 4.78. The molecule has 0 bridgehead atoms. The molecule has 5 nitrogen and oxygen atoms in total. The van der Waals surface area contributed by atoms with Gasteiger partial charge in [0.05, 0.1) is 0 Å². The number of amides is 2. The second kappa shape index (κ2) is 6.33. The molecule has 0 aliphatic carbocycles. The minimum atomic E-state index is -0.123. The Bertz CT molecular complexity index is 468. The summed E-state index contributed by atoms with van der Waals surface area (Å²) in [5.41, 5.74) is 1.41. The lowest BCUT2D eigenvalue weighted by Gasteiger charge is -2.21. The SMILES string of the molecule is CC(=O)Nc1cccc(NC(=O)C2CCNCC2)c1. The Morgan fingerprint density at radius 3 is 2.42 bits per heavy atom. The van der Waals surface area contributed by atoms with Crippen LogP contribution in [0.25, 0.3) is 0 Å². The summed E-state index contributed by atoms with van der Waals surface area (Å²) in [5.74, 6) is 0.00831. The first-order valence-electron chi connectivity index (χ1n) is 6.54. The highest BCUT2D eigenvalue weighted by molar-refractivity contribution is 5.94. The van der Waals surface area contributed by atoms with Crippen LogP contribution < -0.4 is 16.0 Å². The Balaban J connectivity index is 1.97. The molecule has 5 heteroatoms. The van der Waals surface area contributed by atoms with Crippen LogP contribution in [0, 0.1) is 5.92 Å². The lowest BCUT2D eigenvalue weighted by molar-refractivity contribution is -0.120. The molecule has 1 saturated heterocycles. The van der Waals surface area contributed by atoms with Gasteiger partial charge in [0.15, 0.2) is 0 Å². The molecule has 3 N–H and O–H groups in total. The maximum absolute atomic E-state index is 12.1. The second-order valence-electron chi connectivity index (χ2n) is 4.78. The molecule has 0 unspecified atom stereocenters. The van der Waals surface area contributed by atoms with Gasteiger partial charge in [-0.2, -0.15) is 0 Å². The minimum Gasteiger partial charge on any atom is -0.326 e. The fraction of sp³-hybridized carbons (Fsp3) is 0.429. The third-order valence-electron chi connectivity index (χ3n) is 3.16. The van der Waals surface area contributed by atoms with Crippen molar-refractivity contribution in [3.05, 3.63) is 24.3 Å². The number of carbonyl (C=O) groups is 2. The molecular formula is C14H19N3O2. The van der Waals surface area contributed by atoms with E-state index < -0.39 is 0 Å². The first-order chi connectivity index (χ1) is 9.15. The predicted octanol–water partition coefficient (Wildman–Crippen LogP) is 1.58. The fourth-order valence-electron chi connectivity index (χ4n) is 2.21. The van der Waals surface area contributed by atoms with Gasteiger partial charge in [0, 0.05) is 24.2 Å². The van der Waals surface area contributed by atoms with Crippen LogP contribution in [0.2, 0.25) is 0 Å². The summed E-state index contributed by atoms with van der Waals surface area (Å²) in [6.07, 6.45) is 1.74. The summed E-state index contributed by atoms with van der Waals surface area (Å²) in [7, 11) is 0. The molecule has 0 aromatic heterocycles. The molecule has 0 radical (unpaired) electrons. The van der Waals surface area contributed by atoms with Gasteiger partial charge in [-0.15, -0.1) is 0 Å². The van der Waals surface area contributed by atoms with Crippen LogP contribution in [-0.2, 0) is 9.59 Å². The van der Waals surface area contributed by atoms with E-state index in [9.17, 15) is 9.59 Å². The van der Waals surface area contributed by atoms with E-state index in [4.69, 9.17) is 0 Å². The molecule has 2 rings (SSSR count). The van der Waals surface area contributed by atoms with Crippen molar-refractivity contribution in [2.24, 2.45) is 5.92 Å². The van der Waals surface area contributed by atoms with Crippen LogP contribution in [0.4, 0.5) is 11.4 Å². The van der Waals surface area contributed by atoms with Crippen LogP contribution in [0.15, 0.2) is 24.3 Å². The average Bonchev–Trinajstić information content (AvgIpc) is 2.39. The summed E-state index contributed by atoms with van der Waals surface area (Å²) in [6, 6.07) is 7.19. The molecule has 102 valence electrons. The highest BCUT2D eigenvalue weighted by Gasteiger charge is 2.20. The van der Waals surface area contributed by atoms with E-state index >= 15 is 0 Å². The molecule has 1 aromatic rings. The summed E-state index contributed by atoms with van der Waals surface area (Å²) in [4.78, 5) is 23.1. The lowest BCUT2D eigenvalue weighted by Crippen LogP contribution is -2.34. The first kappa shape index (κ1) is 13.5. The summed E-state index contributed by atoms with van der Waals surface area (Å²) < 4.78 is 0. The number of piperidine rings is 1. The van der Waals surface area contributed by atoms with Crippen LogP contribution in [0.1, 0.15) is 19.8 Å². The van der Waals surface area contributed by atoms with Gasteiger partial charge in [0.2, 0.25) is 11.8 Å². The monoisotopic (exact) mass is 261 g/mol. The Hall–Kier alpha value is -1.88. The fourth-order valence-corrected chi connectivity index (χ4v) is 2.21. The van der Waals surface area contributed by atoms with Gasteiger partial charge in [0.25, 0.3) is 0 Å². The number of anilines is 2. The molecule has 0 spiro atoms. The van der Waals surface area contributed by atoms with E-state index in [-0.39, 0.29) is 17.7 Å². The molecule has 1 heterocycles. The van der Waals surface area contributed by atoms with E-state index in [0.29, 0.717) is 5.69 Å². The topological polar surface area (TPSA) is 70.2 Å². The number of hydrogen-bond acceptors (Lipinski definition) is 3. The van der Waals surface area contributed by atoms with Crippen molar-refractivity contribution in [1.82, 2.24) is 5.32 Å². The zero-order chi connectivity index (χ0) is 13.7. The van der Waals surface area contributed by atoms with Crippen molar-refractivity contribution in [3.8, 4) is 0 Å². The molecule has 1 fully saturated rings. The Kier molecular flexibility index (Phi) is 4.52. The standard InChI is InChI=1S/C14H19N3O2/c1-10(18)16-12-3-2-4-13(9-12)17-14(19)11-5-7-15-8-6-11/h2-4,9,11,15H,5-8H2,1H3,(H,16,18)(H,17,19). The Labute approximate surface area is 112 Å². The van der Waals surface area contributed by atoms with Crippen LogP contribution >= 0.6 is 0 Å². The molecule has 0 atom stereocenters. The smallest absolute Gasteiger partial charge is 0.227 e. The predicted molar refractivity (Wildman–Crippen MR) is 75.0 cm³/mol. The van der Waals surface area contributed by atoms with E-state index in [0.717, 1.165) is 31.6 Å². The molecular weight excluding hydrogens is 242 g/mol. The maximum atomic E-state index is 12.1. The third kappa shape index (κ3) is 4.06. The molecule has 1 aromatic carbocycles. The van der Waals surface area contributed by atoms with Crippen molar-refractivity contribution < 1.29 is 9.59 Å². The van der Waals surface area contributed by atoms with Crippen molar-refractivity contribution in [3.63, 3.8) is 0 Å². The number of carbonyl (C=O) groups excluding carboxylic acids is 2. The Morgan fingerprint density at radius 1 is 1.16 bits per heavy atom. The van der Waals surface area contributed by atoms with Gasteiger partial charge in [-0.3, -0.25) is 9.59 Å². The molecule has 19 heavy (non-hydrogen) atoms. The van der Waals surface area contributed by atoms with Gasteiger partial charge in [-0.05, 0) is 44.1 Å². The van der Waals surface area contributed by atoms with E-state index in [2.05, 4.69) is 16.0 Å². The highest BCUT2D eigenvalue weighted by Crippen LogP contribution is 2.18. The van der Waals surface area contributed by atoms with E-state index in [1.807, 2.05) is 12.1 Å². The minimum absolute atomic E-state index is 0.0569. The summed E-state index contributed by atoms with van der Waals surface area (Å²) >= 11 is 0. The first-order valence-corrected chi connectivity index (χ1v) is 6.54. The quantitative estimate of drug-likeness (QED) is 0.773. The van der Waals surface area contributed by atoms with Gasteiger partial charge < -0.3 is 16.0 Å². The largest absolute Gasteiger partial charge is 0.326 e. The van der Waals surface area contributed by atoms with Gasteiger partial charge in [-0.25, -0.2) is 0 Å². The lowest BCUT2D eigenvalue weighted by atomic mass is 9.97. The van der Waals surface area contributed by atoms with E-state index in [1.165, 1.54) is 6.92 Å². The average molecular weight is 261 g/mol. The van der Waals surface area contributed by atoms with Crippen LogP contribution in [0.5, 0.6) is 0 Å². The van der Waals surface area contributed by atoms with Crippen LogP contribution in [0.3, 0.4) is 0 Å². The van der Waals surface area contributed by atoms with E-state index in [1.54, 1.807) is 12.1 Å². The van der Waals surface area contributed by atoms with Gasteiger partial charge >= 0.3 is 0 Å². The molecule has 2 amide bonds. The molecule has 1 aliphatic heterocycles. The highest BCUT2D eigenvalue weighted by atomic mass is 16.2. The van der Waals surface area contributed by atoms with Crippen molar-refractivity contribution in [2.75, 3.05) is 23.7 Å². The van der Waals surface area contributed by atoms with Crippen molar-refractivity contribution in [2.45, 2.75) is 19.8 Å². The van der Waals surface area contributed by atoms with Crippen molar-refractivity contribution in [1.29, 1.82) is 0 Å².